The number of hydrogen-bond donors (Lipinski definition) is 3. The van der Waals surface area contributed by atoms with Crippen molar-refractivity contribution in [2.45, 2.75) is 46.6 Å². The molecular weight excluding hydrogens is 318 g/mol. The van der Waals surface area contributed by atoms with Crippen molar-refractivity contribution in [1.29, 1.82) is 0 Å². The molecular formula is C19H27N3O3. The average Bonchev–Trinajstić information content (AvgIpc) is 2.59. The molecule has 0 aliphatic carbocycles. The van der Waals surface area contributed by atoms with Crippen LogP contribution in [0.5, 0.6) is 0 Å². The van der Waals surface area contributed by atoms with Crippen LogP contribution in [0.15, 0.2) is 30.3 Å². The molecule has 1 unspecified atom stereocenters. The lowest BCUT2D eigenvalue weighted by Crippen LogP contribution is -2.36. The summed E-state index contributed by atoms with van der Waals surface area (Å²) in [6.07, 6.45) is 1.06. The van der Waals surface area contributed by atoms with Gasteiger partial charge >= 0.3 is 6.03 Å². The van der Waals surface area contributed by atoms with Gasteiger partial charge in [0.05, 0.1) is 17.3 Å². The van der Waals surface area contributed by atoms with E-state index >= 15 is 0 Å². The summed E-state index contributed by atoms with van der Waals surface area (Å²) in [5.74, 6) is 0. The molecule has 0 fully saturated rings. The number of hydrogen-bond acceptors (Lipinski definition) is 4. The normalized spacial score (nSPS) is 12.8. The standard InChI is InChI=1S/C19H27N3O3/c1-5-19(3,4)16(25-24)11-12-20-18(23)22-15-8-6-7-14-10-9-13(2)21-17(14)15/h6-10,16,24H,5,11-12H2,1-4H3,(H2,20,22,23). The van der Waals surface area contributed by atoms with Crippen LogP contribution in [0.2, 0.25) is 0 Å². The van der Waals surface area contributed by atoms with E-state index in [1.165, 1.54) is 0 Å². The molecule has 0 saturated heterocycles. The summed E-state index contributed by atoms with van der Waals surface area (Å²) in [4.78, 5) is 21.3. The summed E-state index contributed by atoms with van der Waals surface area (Å²) in [6.45, 7) is 8.41. The van der Waals surface area contributed by atoms with Gasteiger partial charge in [-0.25, -0.2) is 9.68 Å². The van der Waals surface area contributed by atoms with Crippen LogP contribution in [0.4, 0.5) is 10.5 Å². The van der Waals surface area contributed by atoms with Gasteiger partial charge in [0.25, 0.3) is 0 Å². The molecule has 2 aromatic rings. The van der Waals surface area contributed by atoms with Gasteiger partial charge in [0.1, 0.15) is 0 Å². The molecule has 6 heteroatoms. The van der Waals surface area contributed by atoms with Crippen molar-refractivity contribution < 1.29 is 14.9 Å². The van der Waals surface area contributed by atoms with Gasteiger partial charge in [-0.2, -0.15) is 0 Å². The third kappa shape index (κ3) is 4.90. The van der Waals surface area contributed by atoms with Crippen molar-refractivity contribution in [1.82, 2.24) is 10.3 Å². The van der Waals surface area contributed by atoms with Crippen molar-refractivity contribution in [3.05, 3.63) is 36.0 Å². The smallest absolute Gasteiger partial charge is 0.319 e. The number of aromatic nitrogens is 1. The first-order valence-corrected chi connectivity index (χ1v) is 8.59. The highest BCUT2D eigenvalue weighted by atomic mass is 17.1. The van der Waals surface area contributed by atoms with E-state index in [1.807, 2.05) is 58.0 Å². The third-order valence-electron chi connectivity index (χ3n) is 4.71. The Bertz CT molecular complexity index is 731. The van der Waals surface area contributed by atoms with Gasteiger partial charge in [0.2, 0.25) is 0 Å². The lowest BCUT2D eigenvalue weighted by molar-refractivity contribution is -0.302. The van der Waals surface area contributed by atoms with Gasteiger partial charge in [0.15, 0.2) is 0 Å². The minimum Gasteiger partial charge on any atom is -0.338 e. The van der Waals surface area contributed by atoms with Crippen LogP contribution in [0.1, 0.15) is 39.3 Å². The third-order valence-corrected chi connectivity index (χ3v) is 4.71. The van der Waals surface area contributed by atoms with Crippen LogP contribution in [0.3, 0.4) is 0 Å². The maximum Gasteiger partial charge on any atom is 0.319 e. The molecule has 2 rings (SSSR count). The number of nitrogens with one attached hydrogen (secondary N) is 2. The maximum atomic E-state index is 12.2. The molecule has 1 aromatic carbocycles. The summed E-state index contributed by atoms with van der Waals surface area (Å²) in [6, 6.07) is 9.29. The van der Waals surface area contributed by atoms with Crippen molar-refractivity contribution in [2.75, 3.05) is 11.9 Å². The van der Waals surface area contributed by atoms with Gasteiger partial charge in [-0.15, -0.1) is 0 Å². The van der Waals surface area contributed by atoms with E-state index in [0.29, 0.717) is 18.7 Å². The first-order valence-electron chi connectivity index (χ1n) is 8.59. The molecule has 3 N–H and O–H groups in total. The lowest BCUT2D eigenvalue weighted by Gasteiger charge is -2.30. The first kappa shape index (κ1) is 19.1. The van der Waals surface area contributed by atoms with E-state index < -0.39 is 0 Å². The SMILES string of the molecule is CCC(C)(C)C(CCNC(=O)Nc1cccc2ccc(C)nc12)OO. The predicted octanol–water partition coefficient (Wildman–Crippen LogP) is 4.35. The zero-order valence-corrected chi connectivity index (χ0v) is 15.3. The van der Waals surface area contributed by atoms with E-state index in [4.69, 9.17) is 5.26 Å². The van der Waals surface area contributed by atoms with E-state index in [2.05, 4.69) is 20.5 Å². The van der Waals surface area contributed by atoms with E-state index in [-0.39, 0.29) is 17.6 Å². The molecule has 25 heavy (non-hydrogen) atoms. The molecule has 0 bridgehead atoms. The van der Waals surface area contributed by atoms with Crippen LogP contribution in [-0.4, -0.2) is 28.9 Å². The number of carbonyl (C=O) groups excluding carboxylic acids is 1. The van der Waals surface area contributed by atoms with Gasteiger partial charge in [-0.05, 0) is 37.3 Å². The fourth-order valence-corrected chi connectivity index (χ4v) is 2.64. The Kier molecular flexibility index (Phi) is 6.33. The first-order chi connectivity index (χ1) is 11.9. The van der Waals surface area contributed by atoms with Crippen LogP contribution in [0.25, 0.3) is 10.9 Å². The minimum atomic E-state index is -0.334. The van der Waals surface area contributed by atoms with Crippen LogP contribution < -0.4 is 10.6 Å². The summed E-state index contributed by atoms with van der Waals surface area (Å²) >= 11 is 0. The van der Waals surface area contributed by atoms with Crippen LogP contribution in [-0.2, 0) is 4.89 Å². The zero-order chi connectivity index (χ0) is 18.4. The second-order valence-corrected chi connectivity index (χ2v) is 6.94. The molecule has 1 atom stereocenters. The monoisotopic (exact) mass is 345 g/mol. The minimum absolute atomic E-state index is 0.163. The summed E-state index contributed by atoms with van der Waals surface area (Å²) < 4.78 is 0. The number of rotatable bonds is 7. The highest BCUT2D eigenvalue weighted by molar-refractivity contribution is 5.99. The molecule has 0 aliphatic heterocycles. The fraction of sp³-hybridized carbons (Fsp3) is 0.474. The number of aryl methyl sites for hydroxylation is 1. The van der Waals surface area contributed by atoms with Gasteiger partial charge in [-0.3, -0.25) is 10.2 Å². The highest BCUT2D eigenvalue weighted by Crippen LogP contribution is 2.28. The molecule has 1 heterocycles. The Labute approximate surface area is 148 Å². The molecule has 0 radical (unpaired) electrons. The number of benzene rings is 1. The van der Waals surface area contributed by atoms with E-state index in [0.717, 1.165) is 23.0 Å². The topological polar surface area (TPSA) is 83.5 Å². The van der Waals surface area contributed by atoms with Gasteiger partial charge in [-0.1, -0.05) is 39.0 Å². The predicted molar refractivity (Wildman–Crippen MR) is 99.7 cm³/mol. The Balaban J connectivity index is 1.96. The average molecular weight is 345 g/mol. The Morgan fingerprint density at radius 1 is 1.32 bits per heavy atom. The molecule has 0 saturated carbocycles. The van der Waals surface area contributed by atoms with E-state index in [1.54, 1.807) is 0 Å². The number of amides is 2. The molecule has 6 nitrogen and oxygen atoms in total. The van der Waals surface area contributed by atoms with E-state index in [9.17, 15) is 4.79 Å². The van der Waals surface area contributed by atoms with Crippen molar-refractivity contribution in [2.24, 2.45) is 5.41 Å². The lowest BCUT2D eigenvalue weighted by atomic mass is 9.82. The van der Waals surface area contributed by atoms with Gasteiger partial charge < -0.3 is 10.6 Å². The van der Waals surface area contributed by atoms with Crippen LogP contribution >= 0.6 is 0 Å². The Hall–Kier alpha value is -2.18. The maximum absolute atomic E-state index is 12.2. The summed E-state index contributed by atoms with van der Waals surface area (Å²) in [5, 5.41) is 15.7. The largest absolute Gasteiger partial charge is 0.338 e. The fourth-order valence-electron chi connectivity index (χ4n) is 2.64. The van der Waals surface area contributed by atoms with Crippen LogP contribution in [0, 0.1) is 12.3 Å². The number of fused-ring (bicyclic) bond motifs is 1. The number of pyridine rings is 1. The Morgan fingerprint density at radius 3 is 2.76 bits per heavy atom. The quantitative estimate of drug-likeness (QED) is 0.514. The summed E-state index contributed by atoms with van der Waals surface area (Å²) in [5.41, 5.74) is 2.17. The van der Waals surface area contributed by atoms with Crippen molar-refractivity contribution in [3.8, 4) is 0 Å². The number of para-hydroxylation sites is 1. The molecule has 0 spiro atoms. The van der Waals surface area contributed by atoms with Crippen molar-refractivity contribution >= 4 is 22.6 Å². The highest BCUT2D eigenvalue weighted by Gasteiger charge is 2.28. The molecule has 2 amide bonds. The number of nitrogens with zero attached hydrogens (tertiary/aromatic N) is 1. The Morgan fingerprint density at radius 2 is 2.08 bits per heavy atom. The second kappa shape index (κ2) is 8.27. The van der Waals surface area contributed by atoms with Crippen molar-refractivity contribution in [3.63, 3.8) is 0 Å². The second-order valence-electron chi connectivity index (χ2n) is 6.94. The number of urea groups is 1. The zero-order valence-electron chi connectivity index (χ0n) is 15.3. The number of anilines is 1. The molecule has 136 valence electrons. The molecule has 1 aromatic heterocycles. The number of carbonyl (C=O) groups is 1. The molecule has 0 aliphatic rings. The van der Waals surface area contributed by atoms with Gasteiger partial charge in [0, 0.05) is 17.6 Å². The summed E-state index contributed by atoms with van der Waals surface area (Å²) in [7, 11) is 0.